The lowest BCUT2D eigenvalue weighted by molar-refractivity contribution is -0.120. The molecule has 0 bridgehead atoms. The molecule has 0 aliphatic carbocycles. The number of nitrogens with two attached hydrogens (primary N) is 1. The number of amides is 2. The molecule has 0 heterocycles. The third kappa shape index (κ3) is 8.53. The van der Waals surface area contributed by atoms with Gasteiger partial charge in [0, 0.05) is 23.6 Å². The lowest BCUT2D eigenvalue weighted by Gasteiger charge is -2.08. The normalized spacial score (nSPS) is 11.8. The minimum absolute atomic E-state index is 0.0785. The van der Waals surface area contributed by atoms with Crippen LogP contribution in [0.3, 0.4) is 0 Å². The fourth-order valence-electron chi connectivity index (χ4n) is 2.17. The number of hydrogen-bond donors (Lipinski definition) is 3. The number of carbonyl (C=O) groups is 2. The summed E-state index contributed by atoms with van der Waals surface area (Å²) in [6.07, 6.45) is 7.89. The Morgan fingerprint density at radius 2 is 1.81 bits per heavy atom. The highest BCUT2D eigenvalue weighted by molar-refractivity contribution is 6.31. The van der Waals surface area contributed by atoms with Crippen molar-refractivity contribution < 1.29 is 9.59 Å². The highest BCUT2D eigenvalue weighted by Gasteiger charge is 2.06. The zero-order valence-corrected chi connectivity index (χ0v) is 15.8. The summed E-state index contributed by atoms with van der Waals surface area (Å²) in [6, 6.07) is 7.14. The van der Waals surface area contributed by atoms with Crippen LogP contribution >= 0.6 is 11.6 Å². The molecule has 0 fully saturated rings. The van der Waals surface area contributed by atoms with E-state index in [2.05, 4.69) is 17.2 Å². The third-order valence-electron chi connectivity index (χ3n) is 3.62. The summed E-state index contributed by atoms with van der Waals surface area (Å²) in [5.74, 6) is -0.177. The van der Waals surface area contributed by atoms with Gasteiger partial charge in [-0.1, -0.05) is 42.8 Å². The number of hydrogen-bond acceptors (Lipinski definition) is 3. The van der Waals surface area contributed by atoms with Crippen LogP contribution in [0.5, 0.6) is 0 Å². The Morgan fingerprint density at radius 3 is 2.42 bits per heavy atom. The standard InChI is InChI=1S/C20H26ClN3O2/c1-3-15(21)14-16(4-2)23-19(25)12-6-5-7-13-20(26)24-18-11-9-8-10-17(18)22/h3-4,8-11,14H,2,5-7,12-13,22H2,1H3,(H,23,25)(H,24,26)/b15-3+,16-14+. The van der Waals surface area contributed by atoms with Crippen LogP contribution in [0.25, 0.3) is 0 Å². The lowest BCUT2D eigenvalue weighted by Crippen LogP contribution is -2.21. The van der Waals surface area contributed by atoms with E-state index in [9.17, 15) is 9.59 Å². The van der Waals surface area contributed by atoms with Crippen molar-refractivity contribution >= 4 is 34.8 Å². The molecule has 2 amide bonds. The first-order valence-electron chi connectivity index (χ1n) is 8.56. The van der Waals surface area contributed by atoms with Crippen LogP contribution in [0.15, 0.2) is 59.8 Å². The summed E-state index contributed by atoms with van der Waals surface area (Å²) >= 11 is 5.91. The van der Waals surface area contributed by atoms with Gasteiger partial charge in [-0.2, -0.15) is 0 Å². The molecule has 1 rings (SSSR count). The van der Waals surface area contributed by atoms with Gasteiger partial charge in [0.1, 0.15) is 0 Å². The SMILES string of the molecule is C=C/C(=C\C(Cl)=C/C)NC(=O)CCCCCC(=O)Nc1ccccc1N. The Hall–Kier alpha value is -2.53. The van der Waals surface area contributed by atoms with Gasteiger partial charge in [0.2, 0.25) is 11.8 Å². The van der Waals surface area contributed by atoms with Gasteiger partial charge in [-0.05, 0) is 44.1 Å². The Bertz CT molecular complexity index is 696. The zero-order valence-electron chi connectivity index (χ0n) is 15.1. The van der Waals surface area contributed by atoms with Gasteiger partial charge in [0.15, 0.2) is 0 Å². The first-order chi connectivity index (χ1) is 12.5. The molecule has 0 saturated carbocycles. The number of halogens is 1. The van der Waals surface area contributed by atoms with E-state index in [1.54, 1.807) is 30.4 Å². The van der Waals surface area contributed by atoms with E-state index in [-0.39, 0.29) is 11.8 Å². The molecular formula is C20H26ClN3O2. The molecule has 4 N–H and O–H groups in total. The van der Waals surface area contributed by atoms with Crippen LogP contribution in [0, 0.1) is 0 Å². The highest BCUT2D eigenvalue weighted by Crippen LogP contribution is 2.17. The van der Waals surface area contributed by atoms with Crippen molar-refractivity contribution in [2.24, 2.45) is 0 Å². The maximum atomic E-state index is 11.9. The Balaban J connectivity index is 2.24. The van der Waals surface area contributed by atoms with E-state index in [4.69, 9.17) is 17.3 Å². The second kappa shape index (κ2) is 11.9. The number of allylic oxidation sites excluding steroid dienone is 4. The van der Waals surface area contributed by atoms with Crippen LogP contribution in [0.2, 0.25) is 0 Å². The molecule has 0 aromatic heterocycles. The Kier molecular flexibility index (Phi) is 9.87. The molecule has 0 saturated heterocycles. The first kappa shape index (κ1) is 21.5. The minimum atomic E-state index is -0.0989. The van der Waals surface area contributed by atoms with Crippen LogP contribution < -0.4 is 16.4 Å². The molecule has 26 heavy (non-hydrogen) atoms. The largest absolute Gasteiger partial charge is 0.397 e. The van der Waals surface area contributed by atoms with Crippen molar-refractivity contribution in [1.29, 1.82) is 0 Å². The average Bonchev–Trinajstić information content (AvgIpc) is 2.62. The Labute approximate surface area is 160 Å². The van der Waals surface area contributed by atoms with Crippen LogP contribution in [0.4, 0.5) is 11.4 Å². The van der Waals surface area contributed by atoms with Crippen molar-refractivity contribution in [2.45, 2.75) is 39.0 Å². The maximum absolute atomic E-state index is 11.9. The van der Waals surface area contributed by atoms with Gasteiger partial charge in [-0.15, -0.1) is 0 Å². The number of anilines is 2. The maximum Gasteiger partial charge on any atom is 0.224 e. The quantitative estimate of drug-likeness (QED) is 0.320. The molecule has 0 aliphatic rings. The van der Waals surface area contributed by atoms with Crippen molar-refractivity contribution in [3.63, 3.8) is 0 Å². The summed E-state index contributed by atoms with van der Waals surface area (Å²) in [7, 11) is 0. The summed E-state index contributed by atoms with van der Waals surface area (Å²) in [5.41, 5.74) is 7.52. The molecule has 6 heteroatoms. The monoisotopic (exact) mass is 375 g/mol. The molecule has 1 aromatic carbocycles. The van der Waals surface area contributed by atoms with E-state index in [0.717, 1.165) is 6.42 Å². The van der Waals surface area contributed by atoms with Gasteiger partial charge >= 0.3 is 0 Å². The first-order valence-corrected chi connectivity index (χ1v) is 8.94. The summed E-state index contributed by atoms with van der Waals surface area (Å²) in [4.78, 5) is 23.8. The average molecular weight is 376 g/mol. The fraction of sp³-hybridized carbons (Fsp3) is 0.300. The molecule has 1 aromatic rings. The number of benzene rings is 1. The molecule has 0 atom stereocenters. The molecule has 0 spiro atoms. The van der Waals surface area contributed by atoms with E-state index in [1.807, 2.05) is 19.1 Å². The second-order valence-electron chi connectivity index (χ2n) is 5.72. The summed E-state index contributed by atoms with van der Waals surface area (Å²) in [5, 5.41) is 6.08. The van der Waals surface area contributed by atoms with Crippen molar-refractivity contribution in [1.82, 2.24) is 5.32 Å². The molecule has 0 aliphatic heterocycles. The fourth-order valence-corrected chi connectivity index (χ4v) is 2.29. The van der Waals surface area contributed by atoms with Crippen LogP contribution in [0.1, 0.15) is 39.0 Å². The van der Waals surface area contributed by atoms with Crippen molar-refractivity contribution in [3.8, 4) is 0 Å². The summed E-state index contributed by atoms with van der Waals surface area (Å²) in [6.45, 7) is 5.46. The van der Waals surface area contributed by atoms with Crippen molar-refractivity contribution in [2.75, 3.05) is 11.1 Å². The molecule has 0 radical (unpaired) electrons. The van der Waals surface area contributed by atoms with E-state index in [1.165, 1.54) is 0 Å². The van der Waals surface area contributed by atoms with Gasteiger partial charge in [0.25, 0.3) is 0 Å². The third-order valence-corrected chi connectivity index (χ3v) is 3.94. The smallest absolute Gasteiger partial charge is 0.224 e. The van der Waals surface area contributed by atoms with Gasteiger partial charge < -0.3 is 16.4 Å². The van der Waals surface area contributed by atoms with Gasteiger partial charge in [-0.3, -0.25) is 9.59 Å². The Morgan fingerprint density at radius 1 is 1.15 bits per heavy atom. The predicted octanol–water partition coefficient (Wildman–Crippen LogP) is 4.49. The molecule has 0 unspecified atom stereocenters. The number of nitrogen functional groups attached to an aromatic ring is 1. The lowest BCUT2D eigenvalue weighted by atomic mass is 10.1. The molecule has 140 valence electrons. The second-order valence-corrected chi connectivity index (χ2v) is 6.16. The van der Waals surface area contributed by atoms with Gasteiger partial charge in [-0.25, -0.2) is 0 Å². The minimum Gasteiger partial charge on any atom is -0.397 e. The number of unbranched alkanes of at least 4 members (excludes halogenated alkanes) is 2. The predicted molar refractivity (Wildman–Crippen MR) is 109 cm³/mol. The van der Waals surface area contributed by atoms with Crippen LogP contribution in [-0.4, -0.2) is 11.8 Å². The zero-order chi connectivity index (χ0) is 19.4. The van der Waals surface area contributed by atoms with E-state index >= 15 is 0 Å². The van der Waals surface area contributed by atoms with Gasteiger partial charge in [0.05, 0.1) is 11.4 Å². The van der Waals surface area contributed by atoms with Crippen LogP contribution in [-0.2, 0) is 9.59 Å². The molecular weight excluding hydrogens is 350 g/mol. The number of carbonyl (C=O) groups excluding carboxylic acids is 2. The highest BCUT2D eigenvalue weighted by atomic mass is 35.5. The number of rotatable bonds is 10. The number of nitrogens with one attached hydrogen (secondary N) is 2. The van der Waals surface area contributed by atoms with Crippen molar-refractivity contribution in [3.05, 3.63) is 59.8 Å². The molecule has 5 nitrogen and oxygen atoms in total. The topological polar surface area (TPSA) is 84.2 Å². The van der Waals surface area contributed by atoms with E-state index < -0.39 is 0 Å². The number of para-hydroxylation sites is 2. The van der Waals surface area contributed by atoms with E-state index in [0.29, 0.717) is 47.8 Å². The summed E-state index contributed by atoms with van der Waals surface area (Å²) < 4.78 is 0.